The Balaban J connectivity index is 1.14. The van der Waals surface area contributed by atoms with Crippen LogP contribution in [0, 0.1) is 29.2 Å². The number of halogens is 4. The Morgan fingerprint density at radius 3 is 2.03 bits per heavy atom. The Morgan fingerprint density at radius 1 is 0.838 bits per heavy atom. The van der Waals surface area contributed by atoms with Gasteiger partial charge in [0.25, 0.3) is 5.97 Å². The fourth-order valence-corrected chi connectivity index (χ4v) is 6.31. The van der Waals surface area contributed by atoms with Crippen molar-refractivity contribution in [1.29, 1.82) is 0 Å². The van der Waals surface area contributed by atoms with Gasteiger partial charge in [-0.3, -0.25) is 0 Å². The van der Waals surface area contributed by atoms with Crippen molar-refractivity contribution in [3.05, 3.63) is 58.7 Å². The van der Waals surface area contributed by atoms with Gasteiger partial charge in [0.15, 0.2) is 0 Å². The van der Waals surface area contributed by atoms with Gasteiger partial charge < -0.3 is 18.9 Å². The van der Waals surface area contributed by atoms with Crippen LogP contribution < -0.4 is 0 Å². The predicted octanol–water partition coefficient (Wildman–Crippen LogP) is 7.31. The summed E-state index contributed by atoms with van der Waals surface area (Å²) in [6.07, 6.45) is 6.60. The summed E-state index contributed by atoms with van der Waals surface area (Å²) in [5.74, 6) is -4.36. The quantitative estimate of drug-likeness (QED) is 0.208. The lowest BCUT2D eigenvalue weighted by Gasteiger charge is -2.37. The van der Waals surface area contributed by atoms with E-state index >= 15 is 8.78 Å². The number of unbranched alkanes of at least 4 members (excludes halogenated alkanes) is 2. The number of ether oxygens (including phenoxy) is 4. The molecule has 2 aromatic carbocycles. The molecule has 1 atom stereocenters. The zero-order valence-corrected chi connectivity index (χ0v) is 21.0. The molecule has 37 heavy (non-hydrogen) atoms. The van der Waals surface area contributed by atoms with Crippen molar-refractivity contribution in [1.82, 2.24) is 0 Å². The van der Waals surface area contributed by atoms with Gasteiger partial charge in [-0.05, 0) is 73.4 Å². The zero-order chi connectivity index (χ0) is 25.8. The molecule has 2 aromatic rings. The molecule has 1 aliphatic carbocycles. The molecule has 0 aromatic heterocycles. The largest absolute Gasteiger partial charge is 0.368 e. The Labute approximate surface area is 214 Å². The van der Waals surface area contributed by atoms with Crippen LogP contribution in [-0.4, -0.2) is 31.4 Å². The van der Waals surface area contributed by atoms with E-state index in [0.717, 1.165) is 50.7 Å². The summed E-state index contributed by atoms with van der Waals surface area (Å²) in [6, 6.07) is 4.53. The predicted molar refractivity (Wildman–Crippen MR) is 128 cm³/mol. The minimum absolute atomic E-state index is 0.0364. The summed E-state index contributed by atoms with van der Waals surface area (Å²) in [5.41, 5.74) is -0.592. The van der Waals surface area contributed by atoms with E-state index in [4.69, 9.17) is 18.9 Å². The average Bonchev–Trinajstić information content (AvgIpc) is 3.54. The molecular formula is C29H32F4O4. The third-order valence-corrected chi connectivity index (χ3v) is 8.45. The van der Waals surface area contributed by atoms with Crippen molar-refractivity contribution in [3.63, 3.8) is 0 Å². The topological polar surface area (TPSA) is 40.2 Å². The Hall–Kier alpha value is -2.00. The van der Waals surface area contributed by atoms with Gasteiger partial charge in [-0.1, -0.05) is 26.2 Å². The summed E-state index contributed by atoms with van der Waals surface area (Å²) >= 11 is 0. The maximum absolute atomic E-state index is 15.1. The highest BCUT2D eigenvalue weighted by molar-refractivity contribution is 5.66. The van der Waals surface area contributed by atoms with Crippen LogP contribution in [0.4, 0.5) is 17.6 Å². The van der Waals surface area contributed by atoms with E-state index in [1.807, 2.05) is 0 Å². The first kappa shape index (κ1) is 25.3. The normalized spacial score (nSPS) is 32.7. The first-order chi connectivity index (χ1) is 17.8. The number of epoxide rings is 1. The van der Waals surface area contributed by atoms with Crippen LogP contribution in [0.25, 0.3) is 11.1 Å². The molecule has 0 spiro atoms. The highest BCUT2D eigenvalue weighted by atomic mass is 19.1. The molecule has 3 saturated heterocycles. The summed E-state index contributed by atoms with van der Waals surface area (Å²) in [4.78, 5) is 0. The van der Waals surface area contributed by atoms with Gasteiger partial charge in [0.05, 0.1) is 30.9 Å². The van der Waals surface area contributed by atoms with Crippen molar-refractivity contribution >= 4 is 0 Å². The fraction of sp³-hybridized carbons (Fsp3) is 0.586. The standard InChI is InChI=1S/C29H32F4O4/c1-2-3-4-9-28-15-35-29(37-28,36-16-28)20-7-5-17(6-8-20)18-10-21(30)26(22(31)11-18)19-12-23(32)27(24(33)13-19)25-14-34-25/h10-13,17,20,25H,2-9,14-16H2,1H3. The minimum atomic E-state index is -0.997. The lowest BCUT2D eigenvalue weighted by molar-refractivity contribution is -0.332. The Kier molecular flexibility index (Phi) is 6.58. The van der Waals surface area contributed by atoms with E-state index in [1.165, 1.54) is 12.1 Å². The third-order valence-electron chi connectivity index (χ3n) is 8.45. The summed E-state index contributed by atoms with van der Waals surface area (Å²) in [7, 11) is 0. The van der Waals surface area contributed by atoms with Crippen molar-refractivity contribution in [2.24, 2.45) is 5.92 Å². The summed E-state index contributed by atoms with van der Waals surface area (Å²) in [5, 5.41) is 0. The lowest BCUT2D eigenvalue weighted by atomic mass is 9.77. The Bertz CT molecular complexity index is 1120. The first-order valence-electron chi connectivity index (χ1n) is 13.4. The number of hydrogen-bond acceptors (Lipinski definition) is 4. The molecule has 200 valence electrons. The molecular weight excluding hydrogens is 488 g/mol. The molecule has 3 heterocycles. The smallest absolute Gasteiger partial charge is 0.286 e. The molecule has 2 bridgehead atoms. The van der Waals surface area contributed by atoms with Crippen LogP contribution >= 0.6 is 0 Å². The molecule has 4 fully saturated rings. The molecule has 4 aliphatic rings. The number of fused-ring (bicyclic) bond motifs is 2. The van der Waals surface area contributed by atoms with Gasteiger partial charge >= 0.3 is 0 Å². The average molecular weight is 521 g/mol. The number of hydrogen-bond donors (Lipinski definition) is 0. The van der Waals surface area contributed by atoms with E-state index in [1.54, 1.807) is 0 Å². The van der Waals surface area contributed by atoms with Crippen molar-refractivity contribution in [2.75, 3.05) is 19.8 Å². The van der Waals surface area contributed by atoms with Gasteiger partial charge in [-0.2, -0.15) is 0 Å². The Morgan fingerprint density at radius 2 is 1.46 bits per heavy atom. The maximum atomic E-state index is 15.1. The molecule has 3 aliphatic heterocycles. The van der Waals surface area contributed by atoms with E-state index in [-0.39, 0.29) is 35.2 Å². The van der Waals surface area contributed by atoms with Gasteiger partial charge in [-0.25, -0.2) is 17.6 Å². The highest BCUT2D eigenvalue weighted by Crippen LogP contribution is 2.52. The van der Waals surface area contributed by atoms with Crippen LogP contribution in [0.3, 0.4) is 0 Å². The summed E-state index contributed by atoms with van der Waals surface area (Å²) in [6.45, 7) is 3.50. The highest BCUT2D eigenvalue weighted by Gasteiger charge is 2.62. The number of benzene rings is 2. The van der Waals surface area contributed by atoms with Crippen molar-refractivity contribution < 1.29 is 36.5 Å². The lowest BCUT2D eigenvalue weighted by Crippen LogP contribution is -2.42. The molecule has 1 saturated carbocycles. The van der Waals surface area contributed by atoms with Crippen LogP contribution in [0.1, 0.15) is 81.4 Å². The van der Waals surface area contributed by atoms with Gasteiger partial charge in [-0.15, -0.1) is 0 Å². The van der Waals surface area contributed by atoms with Gasteiger partial charge in [0, 0.05) is 5.92 Å². The fourth-order valence-electron chi connectivity index (χ4n) is 6.31. The van der Waals surface area contributed by atoms with E-state index < -0.39 is 40.9 Å². The van der Waals surface area contributed by atoms with Crippen LogP contribution in [0.15, 0.2) is 24.3 Å². The van der Waals surface area contributed by atoms with E-state index in [9.17, 15) is 8.78 Å². The van der Waals surface area contributed by atoms with Crippen LogP contribution in [-0.2, 0) is 18.9 Å². The monoisotopic (exact) mass is 520 g/mol. The van der Waals surface area contributed by atoms with Gasteiger partial charge in [0.1, 0.15) is 35.0 Å². The van der Waals surface area contributed by atoms with E-state index in [0.29, 0.717) is 31.6 Å². The first-order valence-corrected chi connectivity index (χ1v) is 13.4. The molecule has 0 radical (unpaired) electrons. The molecule has 8 heteroatoms. The maximum Gasteiger partial charge on any atom is 0.286 e. The number of rotatable bonds is 8. The van der Waals surface area contributed by atoms with Crippen LogP contribution in [0.2, 0.25) is 0 Å². The van der Waals surface area contributed by atoms with Crippen LogP contribution in [0.5, 0.6) is 0 Å². The SMILES string of the molecule is CCCCCC12COC(C3CCC(c4cc(F)c(-c5cc(F)c(C6CO6)c(F)c5)c(F)c4)CC3)(OC1)O2. The minimum Gasteiger partial charge on any atom is -0.368 e. The second-order valence-electron chi connectivity index (χ2n) is 11.0. The molecule has 4 nitrogen and oxygen atoms in total. The molecule has 6 rings (SSSR count). The molecule has 0 N–H and O–H groups in total. The third kappa shape index (κ3) is 4.60. The van der Waals surface area contributed by atoms with Gasteiger partial charge in [0.2, 0.25) is 0 Å². The van der Waals surface area contributed by atoms with E-state index in [2.05, 4.69) is 6.92 Å². The second kappa shape index (κ2) is 9.63. The molecule has 1 unspecified atom stereocenters. The zero-order valence-electron chi connectivity index (χ0n) is 21.0. The van der Waals surface area contributed by atoms with Crippen molar-refractivity contribution in [2.45, 2.75) is 81.9 Å². The van der Waals surface area contributed by atoms with Crippen molar-refractivity contribution in [3.8, 4) is 11.1 Å². The summed E-state index contributed by atoms with van der Waals surface area (Å²) < 4.78 is 82.7. The second-order valence-corrected chi connectivity index (χ2v) is 11.0. The molecule has 0 amide bonds.